The van der Waals surface area contributed by atoms with Crippen molar-refractivity contribution in [3.8, 4) is 0 Å². The van der Waals surface area contributed by atoms with Gasteiger partial charge in [0.25, 0.3) is 0 Å². The predicted molar refractivity (Wildman–Crippen MR) is 106 cm³/mol. The van der Waals surface area contributed by atoms with Gasteiger partial charge in [-0.05, 0) is 57.0 Å². The average molecular weight is 384 g/mol. The van der Waals surface area contributed by atoms with E-state index in [1.54, 1.807) is 0 Å². The third kappa shape index (κ3) is 7.32. The first-order chi connectivity index (χ1) is 12.0. The number of carboxylic acids is 1. The maximum absolute atomic E-state index is 12.3. The molecular formula is C19H30ClN3O3. The van der Waals surface area contributed by atoms with Crippen molar-refractivity contribution in [1.82, 2.24) is 9.80 Å². The number of hydrogen-bond acceptors (Lipinski definition) is 4. The van der Waals surface area contributed by atoms with Crippen LogP contribution in [-0.2, 0) is 16.0 Å². The third-order valence-electron chi connectivity index (χ3n) is 4.78. The van der Waals surface area contributed by atoms with Gasteiger partial charge in [-0.15, -0.1) is 12.4 Å². The molecule has 2 N–H and O–H groups in total. The quantitative estimate of drug-likeness (QED) is 0.756. The normalized spacial score (nSPS) is 18.0. The number of carbonyl (C=O) groups excluding carboxylic acids is 1. The number of carbonyl (C=O) groups is 2. The van der Waals surface area contributed by atoms with Gasteiger partial charge in [0.2, 0.25) is 5.91 Å². The van der Waals surface area contributed by atoms with E-state index < -0.39 is 5.97 Å². The van der Waals surface area contributed by atoms with Gasteiger partial charge in [-0.2, -0.15) is 0 Å². The van der Waals surface area contributed by atoms with Crippen LogP contribution in [0.15, 0.2) is 24.3 Å². The summed E-state index contributed by atoms with van der Waals surface area (Å²) in [5.74, 6) is -0.789. The topological polar surface area (TPSA) is 72.9 Å². The van der Waals surface area contributed by atoms with Gasteiger partial charge >= 0.3 is 5.97 Å². The summed E-state index contributed by atoms with van der Waals surface area (Å²) in [4.78, 5) is 27.2. The number of nitrogens with one attached hydrogen (secondary N) is 1. The lowest BCUT2D eigenvalue weighted by molar-refractivity contribution is -0.138. The minimum absolute atomic E-state index is 0. The van der Waals surface area contributed by atoms with Gasteiger partial charge in [-0.1, -0.05) is 19.1 Å². The fourth-order valence-corrected chi connectivity index (χ4v) is 3.35. The summed E-state index contributed by atoms with van der Waals surface area (Å²) in [6, 6.07) is 8.21. The van der Waals surface area contributed by atoms with Crippen LogP contribution in [0.25, 0.3) is 0 Å². The molecule has 0 spiro atoms. The molecule has 0 saturated carbocycles. The number of aryl methyl sites for hydroxylation is 1. The molecule has 0 bridgehead atoms. The molecule has 0 aromatic heterocycles. The highest BCUT2D eigenvalue weighted by atomic mass is 35.5. The first-order valence-corrected chi connectivity index (χ1v) is 9.01. The second kappa shape index (κ2) is 11.2. The van der Waals surface area contributed by atoms with Gasteiger partial charge in [-0.25, -0.2) is 0 Å². The lowest BCUT2D eigenvalue weighted by atomic mass is 10.1. The third-order valence-corrected chi connectivity index (χ3v) is 4.78. The van der Waals surface area contributed by atoms with Gasteiger partial charge in [0.1, 0.15) is 0 Å². The SMILES string of the molecule is CCc1cccc(NC(=O)CN2CCCC(N(C)CC(=O)O)CC2)c1.Cl. The van der Waals surface area contributed by atoms with Crippen molar-refractivity contribution in [1.29, 1.82) is 0 Å². The zero-order chi connectivity index (χ0) is 18.2. The molecule has 1 amide bonds. The van der Waals surface area contributed by atoms with Crippen LogP contribution in [0.5, 0.6) is 0 Å². The van der Waals surface area contributed by atoms with Crippen molar-refractivity contribution < 1.29 is 14.7 Å². The Morgan fingerprint density at radius 3 is 2.77 bits per heavy atom. The molecule has 1 aliphatic heterocycles. The van der Waals surface area contributed by atoms with E-state index in [0.29, 0.717) is 6.54 Å². The summed E-state index contributed by atoms with van der Waals surface area (Å²) in [5, 5.41) is 11.9. The van der Waals surface area contributed by atoms with Crippen LogP contribution in [-0.4, -0.2) is 66.1 Å². The smallest absolute Gasteiger partial charge is 0.317 e. The molecule has 146 valence electrons. The summed E-state index contributed by atoms with van der Waals surface area (Å²) in [7, 11) is 1.86. The molecular weight excluding hydrogens is 354 g/mol. The van der Waals surface area contributed by atoms with Crippen LogP contribution in [0.1, 0.15) is 31.7 Å². The summed E-state index contributed by atoms with van der Waals surface area (Å²) < 4.78 is 0. The minimum atomic E-state index is -0.794. The monoisotopic (exact) mass is 383 g/mol. The number of benzene rings is 1. The number of carboxylic acid groups (broad SMARTS) is 1. The fourth-order valence-electron chi connectivity index (χ4n) is 3.35. The van der Waals surface area contributed by atoms with Crippen molar-refractivity contribution in [2.45, 2.75) is 38.6 Å². The Morgan fingerprint density at radius 2 is 2.08 bits per heavy atom. The Hall–Kier alpha value is -1.63. The van der Waals surface area contributed by atoms with Gasteiger partial charge in [-0.3, -0.25) is 19.4 Å². The van der Waals surface area contributed by atoms with Gasteiger partial charge < -0.3 is 10.4 Å². The van der Waals surface area contributed by atoms with Crippen molar-refractivity contribution in [3.63, 3.8) is 0 Å². The molecule has 2 rings (SSSR count). The number of nitrogens with zero attached hydrogens (tertiary/aromatic N) is 2. The molecule has 1 atom stereocenters. The second-order valence-electron chi connectivity index (χ2n) is 6.77. The maximum Gasteiger partial charge on any atom is 0.317 e. The molecule has 1 fully saturated rings. The molecule has 1 aliphatic rings. The van der Waals surface area contributed by atoms with Crippen LogP contribution in [0.4, 0.5) is 5.69 Å². The highest BCUT2D eigenvalue weighted by Gasteiger charge is 2.22. The summed E-state index contributed by atoms with van der Waals surface area (Å²) in [6.07, 6.45) is 3.79. The van der Waals surface area contributed by atoms with Gasteiger partial charge in [0.15, 0.2) is 0 Å². The number of amides is 1. The fraction of sp³-hybridized carbons (Fsp3) is 0.579. The molecule has 1 unspecified atom stereocenters. The van der Waals surface area contributed by atoms with E-state index >= 15 is 0 Å². The van der Waals surface area contributed by atoms with Crippen molar-refractivity contribution >= 4 is 30.0 Å². The zero-order valence-corrected chi connectivity index (χ0v) is 16.4. The van der Waals surface area contributed by atoms with E-state index in [2.05, 4.69) is 23.2 Å². The number of likely N-dealkylation sites (tertiary alicyclic amines) is 1. The number of rotatable bonds is 7. The van der Waals surface area contributed by atoms with Crippen LogP contribution >= 0.6 is 12.4 Å². The molecule has 0 aliphatic carbocycles. The van der Waals surface area contributed by atoms with Crippen molar-refractivity contribution in [2.75, 3.05) is 38.5 Å². The first kappa shape index (κ1) is 22.4. The number of aliphatic carboxylic acids is 1. The van der Waals surface area contributed by atoms with Crippen LogP contribution < -0.4 is 5.32 Å². The van der Waals surface area contributed by atoms with Crippen molar-refractivity contribution in [3.05, 3.63) is 29.8 Å². The maximum atomic E-state index is 12.3. The molecule has 1 heterocycles. The van der Waals surface area contributed by atoms with Crippen LogP contribution in [0, 0.1) is 0 Å². The molecule has 1 saturated heterocycles. The largest absolute Gasteiger partial charge is 0.480 e. The Labute approximate surface area is 162 Å². The summed E-state index contributed by atoms with van der Waals surface area (Å²) in [5.41, 5.74) is 2.05. The Balaban J connectivity index is 0.00000338. The molecule has 1 aromatic rings. The van der Waals surface area contributed by atoms with E-state index in [-0.39, 0.29) is 30.9 Å². The lowest BCUT2D eigenvalue weighted by Crippen LogP contribution is -2.37. The van der Waals surface area contributed by atoms with Crippen LogP contribution in [0.3, 0.4) is 0 Å². The van der Waals surface area contributed by atoms with E-state index in [1.165, 1.54) is 5.56 Å². The summed E-state index contributed by atoms with van der Waals surface area (Å²) >= 11 is 0. The molecule has 0 radical (unpaired) electrons. The molecule has 6 nitrogen and oxygen atoms in total. The van der Waals surface area contributed by atoms with E-state index in [4.69, 9.17) is 5.11 Å². The van der Waals surface area contributed by atoms with E-state index in [9.17, 15) is 9.59 Å². The first-order valence-electron chi connectivity index (χ1n) is 9.01. The Morgan fingerprint density at radius 1 is 1.31 bits per heavy atom. The average Bonchev–Trinajstić information content (AvgIpc) is 2.80. The highest BCUT2D eigenvalue weighted by Crippen LogP contribution is 2.16. The highest BCUT2D eigenvalue weighted by molar-refractivity contribution is 5.92. The predicted octanol–water partition coefficient (Wildman–Crippen LogP) is 2.48. The Bertz CT molecular complexity index is 597. The molecule has 7 heteroatoms. The number of hydrogen-bond donors (Lipinski definition) is 2. The molecule has 1 aromatic carbocycles. The van der Waals surface area contributed by atoms with Gasteiger partial charge in [0, 0.05) is 18.3 Å². The van der Waals surface area contributed by atoms with Gasteiger partial charge in [0.05, 0.1) is 13.1 Å². The second-order valence-corrected chi connectivity index (χ2v) is 6.77. The lowest BCUT2D eigenvalue weighted by Gasteiger charge is -2.25. The van der Waals surface area contributed by atoms with Crippen LogP contribution in [0.2, 0.25) is 0 Å². The number of halogens is 1. The minimum Gasteiger partial charge on any atom is -0.480 e. The Kier molecular flexibility index (Phi) is 9.62. The van der Waals surface area contributed by atoms with Crippen molar-refractivity contribution in [2.24, 2.45) is 0 Å². The zero-order valence-electron chi connectivity index (χ0n) is 15.6. The summed E-state index contributed by atoms with van der Waals surface area (Å²) in [6.45, 7) is 4.23. The van der Waals surface area contributed by atoms with E-state index in [0.717, 1.165) is 44.5 Å². The number of likely N-dealkylation sites (N-methyl/N-ethyl adjacent to an activating group) is 1. The van der Waals surface area contributed by atoms with E-state index in [1.807, 2.05) is 30.1 Å². The number of anilines is 1. The molecule has 26 heavy (non-hydrogen) atoms. The standard InChI is InChI=1S/C19H29N3O3.ClH/c1-3-15-6-4-7-16(12-15)20-18(23)13-22-10-5-8-17(9-11-22)21(2)14-19(24)25;/h4,6-7,12,17H,3,5,8-11,13-14H2,1-2H3,(H,20,23)(H,24,25);1H.